The van der Waals surface area contributed by atoms with Gasteiger partial charge in [-0.3, -0.25) is 4.90 Å². The number of hydrogen-bond acceptors (Lipinski definition) is 6. The standard InChI is InChI=1S/C10H19NO5/c12-4-5-8(14)10(16)9(15)7-6(13)2-1-3-11(5)7/h5-10,12-16H,1-4H2/t5-,6+,7-,8-,9+,10+/m1/s1. The van der Waals surface area contributed by atoms with Gasteiger partial charge in [-0.1, -0.05) is 0 Å². The summed E-state index contributed by atoms with van der Waals surface area (Å²) in [5.41, 5.74) is 0. The Morgan fingerprint density at radius 3 is 2.31 bits per heavy atom. The molecule has 0 bridgehead atoms. The molecule has 0 spiro atoms. The number of nitrogens with zero attached hydrogens (tertiary/aromatic N) is 1. The summed E-state index contributed by atoms with van der Waals surface area (Å²) in [7, 11) is 0. The number of piperidine rings is 2. The molecule has 5 N–H and O–H groups in total. The minimum Gasteiger partial charge on any atom is -0.395 e. The van der Waals surface area contributed by atoms with E-state index in [-0.39, 0.29) is 6.61 Å². The monoisotopic (exact) mass is 233 g/mol. The molecule has 6 heteroatoms. The van der Waals surface area contributed by atoms with Crippen LogP contribution in [-0.2, 0) is 0 Å². The van der Waals surface area contributed by atoms with Crippen molar-refractivity contribution in [1.82, 2.24) is 4.90 Å². The van der Waals surface area contributed by atoms with Crippen LogP contribution in [0.25, 0.3) is 0 Å². The Hall–Kier alpha value is -0.240. The molecule has 0 aromatic carbocycles. The molecule has 0 aromatic rings. The SMILES string of the molecule is OC[C@@H]1[C@@H](O)[C@H](O)[C@@H](O)[C@H]2[C@@H](O)CCCN21. The molecule has 0 aromatic heterocycles. The average Bonchev–Trinajstić information content (AvgIpc) is 2.27. The minimum absolute atomic E-state index is 0.297. The number of aliphatic hydroxyl groups excluding tert-OH is 5. The second kappa shape index (κ2) is 4.56. The quantitative estimate of drug-likeness (QED) is 0.337. The molecule has 2 aliphatic rings. The van der Waals surface area contributed by atoms with Gasteiger partial charge in [0, 0.05) is 0 Å². The van der Waals surface area contributed by atoms with Crippen molar-refractivity contribution < 1.29 is 25.5 Å². The predicted molar refractivity (Wildman–Crippen MR) is 54.6 cm³/mol. The Morgan fingerprint density at radius 1 is 1.00 bits per heavy atom. The van der Waals surface area contributed by atoms with E-state index in [9.17, 15) is 25.5 Å². The summed E-state index contributed by atoms with van der Waals surface area (Å²) in [5, 5.41) is 48.3. The average molecular weight is 233 g/mol. The van der Waals surface area contributed by atoms with Gasteiger partial charge in [0.15, 0.2) is 0 Å². The van der Waals surface area contributed by atoms with E-state index in [1.54, 1.807) is 4.90 Å². The molecule has 0 amide bonds. The van der Waals surface area contributed by atoms with Crippen molar-refractivity contribution in [3.8, 4) is 0 Å². The number of rotatable bonds is 1. The van der Waals surface area contributed by atoms with Gasteiger partial charge in [0.25, 0.3) is 0 Å². The molecule has 2 heterocycles. The molecule has 94 valence electrons. The van der Waals surface area contributed by atoms with Crippen molar-refractivity contribution >= 4 is 0 Å². The van der Waals surface area contributed by atoms with Crippen molar-refractivity contribution in [1.29, 1.82) is 0 Å². The van der Waals surface area contributed by atoms with Crippen LogP contribution < -0.4 is 0 Å². The second-order valence-electron chi connectivity index (χ2n) is 4.66. The van der Waals surface area contributed by atoms with Gasteiger partial charge in [0.2, 0.25) is 0 Å². The smallest absolute Gasteiger partial charge is 0.109 e. The zero-order chi connectivity index (χ0) is 11.9. The molecule has 2 aliphatic heterocycles. The summed E-state index contributed by atoms with van der Waals surface area (Å²) < 4.78 is 0. The summed E-state index contributed by atoms with van der Waals surface area (Å²) >= 11 is 0. The molecule has 6 atom stereocenters. The van der Waals surface area contributed by atoms with E-state index in [4.69, 9.17) is 0 Å². The van der Waals surface area contributed by atoms with Gasteiger partial charge in [0.1, 0.15) is 18.3 Å². The van der Waals surface area contributed by atoms with Crippen LogP contribution in [0.4, 0.5) is 0 Å². The zero-order valence-electron chi connectivity index (χ0n) is 8.98. The molecule has 2 saturated heterocycles. The van der Waals surface area contributed by atoms with E-state index >= 15 is 0 Å². The normalized spacial score (nSPS) is 50.1. The first-order valence-electron chi connectivity index (χ1n) is 5.66. The Morgan fingerprint density at radius 2 is 1.69 bits per heavy atom. The van der Waals surface area contributed by atoms with Gasteiger partial charge >= 0.3 is 0 Å². The molecule has 6 nitrogen and oxygen atoms in total. The summed E-state index contributed by atoms with van der Waals surface area (Å²) in [5.74, 6) is 0. The third-order valence-electron chi connectivity index (χ3n) is 3.75. The Balaban J connectivity index is 2.24. The lowest BCUT2D eigenvalue weighted by Crippen LogP contribution is -2.71. The van der Waals surface area contributed by atoms with E-state index in [1.807, 2.05) is 0 Å². The zero-order valence-corrected chi connectivity index (χ0v) is 8.98. The van der Waals surface area contributed by atoms with Crippen LogP contribution in [0.2, 0.25) is 0 Å². The van der Waals surface area contributed by atoms with Crippen LogP contribution >= 0.6 is 0 Å². The van der Waals surface area contributed by atoms with Gasteiger partial charge in [-0.25, -0.2) is 0 Å². The first kappa shape index (κ1) is 12.2. The van der Waals surface area contributed by atoms with E-state index in [2.05, 4.69) is 0 Å². The maximum Gasteiger partial charge on any atom is 0.109 e. The van der Waals surface area contributed by atoms with Crippen molar-refractivity contribution in [2.24, 2.45) is 0 Å². The van der Waals surface area contributed by atoms with Gasteiger partial charge < -0.3 is 25.5 Å². The largest absolute Gasteiger partial charge is 0.395 e. The van der Waals surface area contributed by atoms with E-state index in [1.165, 1.54) is 0 Å². The highest BCUT2D eigenvalue weighted by atomic mass is 16.4. The van der Waals surface area contributed by atoms with Crippen molar-refractivity contribution in [2.75, 3.05) is 13.2 Å². The fourth-order valence-electron chi connectivity index (χ4n) is 2.88. The molecular formula is C10H19NO5. The minimum atomic E-state index is -1.31. The Labute approximate surface area is 93.7 Å². The van der Waals surface area contributed by atoms with Crippen LogP contribution in [0.1, 0.15) is 12.8 Å². The maximum atomic E-state index is 9.83. The number of hydrogen-bond donors (Lipinski definition) is 5. The fraction of sp³-hybridized carbons (Fsp3) is 1.00. The molecule has 2 rings (SSSR count). The molecular weight excluding hydrogens is 214 g/mol. The van der Waals surface area contributed by atoms with Crippen LogP contribution in [0, 0.1) is 0 Å². The highest BCUT2D eigenvalue weighted by Crippen LogP contribution is 2.31. The van der Waals surface area contributed by atoms with E-state index < -0.39 is 36.5 Å². The van der Waals surface area contributed by atoms with Crippen LogP contribution in [-0.4, -0.2) is 80.1 Å². The Kier molecular flexibility index (Phi) is 3.48. The van der Waals surface area contributed by atoms with Crippen molar-refractivity contribution in [3.05, 3.63) is 0 Å². The van der Waals surface area contributed by atoms with Crippen LogP contribution in [0.3, 0.4) is 0 Å². The Bertz CT molecular complexity index is 251. The topological polar surface area (TPSA) is 104 Å². The number of aliphatic hydroxyl groups is 5. The summed E-state index contributed by atoms with van der Waals surface area (Å²) in [6, 6.07) is -1.21. The number of fused-ring (bicyclic) bond motifs is 1. The van der Waals surface area contributed by atoms with E-state index in [0.717, 1.165) is 6.42 Å². The molecule has 16 heavy (non-hydrogen) atoms. The van der Waals surface area contributed by atoms with Gasteiger partial charge in [-0.05, 0) is 19.4 Å². The first-order valence-corrected chi connectivity index (χ1v) is 5.66. The summed E-state index contributed by atoms with van der Waals surface area (Å²) in [4.78, 5) is 1.70. The summed E-state index contributed by atoms with van der Waals surface area (Å²) in [6.07, 6.45) is -3.07. The molecule has 0 radical (unpaired) electrons. The molecule has 0 aliphatic carbocycles. The second-order valence-corrected chi connectivity index (χ2v) is 4.66. The first-order chi connectivity index (χ1) is 7.57. The van der Waals surface area contributed by atoms with Crippen molar-refractivity contribution in [2.45, 2.75) is 49.3 Å². The summed E-state index contributed by atoms with van der Waals surface area (Å²) in [6.45, 7) is 0.308. The van der Waals surface area contributed by atoms with Gasteiger partial charge in [-0.2, -0.15) is 0 Å². The van der Waals surface area contributed by atoms with Crippen molar-refractivity contribution in [3.63, 3.8) is 0 Å². The predicted octanol–water partition coefficient (Wildman–Crippen LogP) is -2.73. The fourth-order valence-corrected chi connectivity index (χ4v) is 2.88. The highest BCUT2D eigenvalue weighted by Gasteiger charge is 2.50. The van der Waals surface area contributed by atoms with Gasteiger partial charge in [-0.15, -0.1) is 0 Å². The lowest BCUT2D eigenvalue weighted by Gasteiger charge is -2.52. The lowest BCUT2D eigenvalue weighted by molar-refractivity contribution is -0.199. The molecule has 2 fully saturated rings. The van der Waals surface area contributed by atoms with Crippen LogP contribution in [0.5, 0.6) is 0 Å². The lowest BCUT2D eigenvalue weighted by atomic mass is 9.82. The maximum absolute atomic E-state index is 9.83. The molecule has 0 saturated carbocycles. The third-order valence-corrected chi connectivity index (χ3v) is 3.75. The molecule has 0 unspecified atom stereocenters. The third kappa shape index (κ3) is 1.75. The van der Waals surface area contributed by atoms with E-state index in [0.29, 0.717) is 13.0 Å². The van der Waals surface area contributed by atoms with Gasteiger partial charge in [0.05, 0.1) is 24.8 Å². The highest BCUT2D eigenvalue weighted by molar-refractivity contribution is 5.04. The van der Waals surface area contributed by atoms with Crippen LogP contribution in [0.15, 0.2) is 0 Å².